The van der Waals surface area contributed by atoms with Crippen LogP contribution in [0.5, 0.6) is 17.2 Å². The number of ether oxygens (including phenoxy) is 3. The number of para-hydroxylation sites is 1. The van der Waals surface area contributed by atoms with Gasteiger partial charge in [0, 0.05) is 23.4 Å². The number of hydrazone groups is 1. The maximum atomic E-state index is 13.1. The van der Waals surface area contributed by atoms with E-state index in [1.807, 2.05) is 54.6 Å². The van der Waals surface area contributed by atoms with Gasteiger partial charge in [0.15, 0.2) is 11.5 Å². The fourth-order valence-electron chi connectivity index (χ4n) is 3.56. The Balaban J connectivity index is 1.63. The van der Waals surface area contributed by atoms with Gasteiger partial charge in [-0.3, -0.25) is 9.59 Å². The highest BCUT2D eigenvalue weighted by Crippen LogP contribution is 2.38. The van der Waals surface area contributed by atoms with Crippen molar-refractivity contribution in [3.63, 3.8) is 0 Å². The van der Waals surface area contributed by atoms with Crippen LogP contribution in [-0.4, -0.2) is 37.3 Å². The maximum absolute atomic E-state index is 13.1. The van der Waals surface area contributed by atoms with Crippen molar-refractivity contribution < 1.29 is 23.8 Å². The lowest BCUT2D eigenvalue weighted by atomic mass is 10.0. The van der Waals surface area contributed by atoms with Gasteiger partial charge in [0.05, 0.1) is 37.2 Å². The number of pyridine rings is 1. The molecule has 0 aliphatic rings. The normalized spacial score (nSPS) is 10.8. The number of esters is 1. The van der Waals surface area contributed by atoms with Crippen molar-refractivity contribution in [2.45, 2.75) is 6.92 Å². The smallest absolute Gasteiger partial charge is 0.308 e. The molecule has 1 heterocycles. The molecule has 0 spiro atoms. The quantitative estimate of drug-likeness (QED) is 0.184. The summed E-state index contributed by atoms with van der Waals surface area (Å²) in [6.07, 6.45) is 1.45. The molecule has 1 N–H and O–H groups in total. The minimum Gasteiger partial charge on any atom is -0.493 e. The number of hydrogen-bond donors (Lipinski definition) is 1. The van der Waals surface area contributed by atoms with Crippen LogP contribution in [-0.2, 0) is 4.79 Å². The first kappa shape index (κ1) is 23.4. The van der Waals surface area contributed by atoms with Gasteiger partial charge in [-0.05, 0) is 24.3 Å². The summed E-state index contributed by atoms with van der Waals surface area (Å²) in [5.41, 5.74) is 5.90. The molecule has 8 nitrogen and oxygen atoms in total. The molecule has 0 atom stereocenters. The van der Waals surface area contributed by atoms with E-state index in [2.05, 4.69) is 10.5 Å². The lowest BCUT2D eigenvalue weighted by Gasteiger charge is -2.13. The molecule has 0 unspecified atom stereocenters. The SMILES string of the molecule is COc1cc(/C=N\NC(=O)c2cc(-c3ccccc3)nc3ccccc23)cc(OC)c1OC(C)=O. The van der Waals surface area contributed by atoms with E-state index in [1.165, 1.54) is 27.4 Å². The van der Waals surface area contributed by atoms with Crippen LogP contribution in [0.25, 0.3) is 22.2 Å². The predicted molar refractivity (Wildman–Crippen MR) is 133 cm³/mol. The van der Waals surface area contributed by atoms with Gasteiger partial charge in [-0.2, -0.15) is 5.10 Å². The summed E-state index contributed by atoms with van der Waals surface area (Å²) in [5, 5.41) is 4.82. The fraction of sp³-hybridized carbons (Fsp3) is 0.111. The molecule has 0 saturated carbocycles. The Hall–Kier alpha value is -4.72. The summed E-state index contributed by atoms with van der Waals surface area (Å²) in [6.45, 7) is 1.29. The number of carbonyl (C=O) groups excluding carboxylic acids is 2. The number of benzene rings is 3. The monoisotopic (exact) mass is 469 g/mol. The number of carbonyl (C=O) groups is 2. The number of hydrogen-bond acceptors (Lipinski definition) is 7. The molecule has 0 bridgehead atoms. The van der Waals surface area contributed by atoms with Gasteiger partial charge >= 0.3 is 5.97 Å². The minimum atomic E-state index is -0.505. The third-order valence-corrected chi connectivity index (χ3v) is 5.14. The molecule has 0 radical (unpaired) electrons. The molecule has 1 aromatic heterocycles. The predicted octanol–water partition coefficient (Wildman–Crippen LogP) is 4.61. The van der Waals surface area contributed by atoms with Crippen molar-refractivity contribution in [1.29, 1.82) is 0 Å². The molecular formula is C27H23N3O5. The van der Waals surface area contributed by atoms with E-state index in [0.717, 1.165) is 5.56 Å². The summed E-state index contributed by atoms with van der Waals surface area (Å²) in [6, 6.07) is 22.1. The van der Waals surface area contributed by atoms with Gasteiger partial charge in [0.1, 0.15) is 0 Å². The van der Waals surface area contributed by atoms with Gasteiger partial charge in [-0.15, -0.1) is 0 Å². The molecule has 8 heteroatoms. The molecule has 4 aromatic rings. The molecule has 3 aromatic carbocycles. The number of nitrogens with zero attached hydrogens (tertiary/aromatic N) is 2. The van der Waals surface area contributed by atoms with Crippen LogP contribution in [0, 0.1) is 0 Å². The summed E-state index contributed by atoms with van der Waals surface area (Å²) >= 11 is 0. The van der Waals surface area contributed by atoms with Crippen LogP contribution >= 0.6 is 0 Å². The zero-order valence-corrected chi connectivity index (χ0v) is 19.4. The van der Waals surface area contributed by atoms with Gasteiger partial charge in [0.2, 0.25) is 5.75 Å². The van der Waals surface area contributed by atoms with Crippen molar-refractivity contribution in [2.75, 3.05) is 14.2 Å². The highest BCUT2D eigenvalue weighted by Gasteiger charge is 2.16. The molecular weight excluding hydrogens is 446 g/mol. The van der Waals surface area contributed by atoms with Crippen LogP contribution in [0.3, 0.4) is 0 Å². The second-order valence-corrected chi connectivity index (χ2v) is 7.49. The first-order chi connectivity index (χ1) is 17.0. The van der Waals surface area contributed by atoms with Crippen LogP contribution in [0.15, 0.2) is 77.9 Å². The van der Waals surface area contributed by atoms with Gasteiger partial charge in [-0.1, -0.05) is 48.5 Å². The molecule has 0 saturated heterocycles. The summed E-state index contributed by atoms with van der Waals surface area (Å²) < 4.78 is 15.8. The van der Waals surface area contributed by atoms with Crippen LogP contribution in [0.1, 0.15) is 22.8 Å². The Morgan fingerprint density at radius 2 is 1.57 bits per heavy atom. The summed E-state index contributed by atoms with van der Waals surface area (Å²) in [7, 11) is 2.90. The van der Waals surface area contributed by atoms with Crippen molar-refractivity contribution in [3.8, 4) is 28.5 Å². The first-order valence-electron chi connectivity index (χ1n) is 10.7. The van der Waals surface area contributed by atoms with E-state index < -0.39 is 5.97 Å². The maximum Gasteiger partial charge on any atom is 0.308 e. The average Bonchev–Trinajstić information content (AvgIpc) is 2.88. The van der Waals surface area contributed by atoms with Crippen molar-refractivity contribution in [2.24, 2.45) is 5.10 Å². The standard InChI is InChI=1S/C27H23N3O5/c1-17(31)35-26-24(33-2)13-18(14-25(26)34-3)16-28-30-27(32)21-15-23(19-9-5-4-6-10-19)29-22-12-8-7-11-20(21)22/h4-16H,1-3H3,(H,30,32)/b28-16-. The van der Waals surface area contributed by atoms with Crippen molar-refractivity contribution in [3.05, 3.63) is 83.9 Å². The summed E-state index contributed by atoms with van der Waals surface area (Å²) in [5.74, 6) is -0.137. The lowest BCUT2D eigenvalue weighted by molar-refractivity contribution is -0.132. The molecule has 0 aliphatic carbocycles. The number of aromatic nitrogens is 1. The highest BCUT2D eigenvalue weighted by molar-refractivity contribution is 6.07. The zero-order valence-electron chi connectivity index (χ0n) is 19.4. The van der Waals surface area contributed by atoms with Crippen molar-refractivity contribution >= 4 is 29.0 Å². The molecule has 35 heavy (non-hydrogen) atoms. The second-order valence-electron chi connectivity index (χ2n) is 7.49. The van der Waals surface area contributed by atoms with E-state index in [0.29, 0.717) is 39.2 Å². The minimum absolute atomic E-state index is 0.167. The topological polar surface area (TPSA) is 99.1 Å². The van der Waals surface area contributed by atoms with Gasteiger partial charge in [0.25, 0.3) is 5.91 Å². The van der Waals surface area contributed by atoms with Crippen LogP contribution in [0.4, 0.5) is 0 Å². The Labute approximate surface area is 202 Å². The molecule has 0 fully saturated rings. The number of fused-ring (bicyclic) bond motifs is 1. The first-order valence-corrected chi connectivity index (χ1v) is 10.7. The fourth-order valence-corrected chi connectivity index (χ4v) is 3.56. The molecule has 176 valence electrons. The Morgan fingerprint density at radius 3 is 2.23 bits per heavy atom. The summed E-state index contributed by atoms with van der Waals surface area (Å²) in [4.78, 5) is 29.2. The number of methoxy groups -OCH3 is 2. The Bertz CT molecular complexity index is 1390. The van der Waals surface area contributed by atoms with E-state index in [1.54, 1.807) is 18.2 Å². The van der Waals surface area contributed by atoms with Gasteiger partial charge in [-0.25, -0.2) is 10.4 Å². The third kappa shape index (κ3) is 5.27. The second kappa shape index (κ2) is 10.5. The Morgan fingerprint density at radius 1 is 0.914 bits per heavy atom. The Kier molecular flexibility index (Phi) is 7.02. The van der Waals surface area contributed by atoms with E-state index in [-0.39, 0.29) is 11.7 Å². The number of nitrogens with one attached hydrogen (secondary N) is 1. The van der Waals surface area contributed by atoms with Crippen molar-refractivity contribution in [1.82, 2.24) is 10.4 Å². The molecule has 1 amide bonds. The molecule has 4 rings (SSSR count). The lowest BCUT2D eigenvalue weighted by Crippen LogP contribution is -2.18. The van der Waals surface area contributed by atoms with E-state index >= 15 is 0 Å². The third-order valence-electron chi connectivity index (χ3n) is 5.14. The average molecular weight is 469 g/mol. The largest absolute Gasteiger partial charge is 0.493 e. The van der Waals surface area contributed by atoms with Gasteiger partial charge < -0.3 is 14.2 Å². The number of amides is 1. The van der Waals surface area contributed by atoms with E-state index in [9.17, 15) is 9.59 Å². The zero-order chi connectivity index (χ0) is 24.8. The van der Waals surface area contributed by atoms with Crippen LogP contribution in [0.2, 0.25) is 0 Å². The highest BCUT2D eigenvalue weighted by atomic mass is 16.6. The van der Waals surface area contributed by atoms with Crippen LogP contribution < -0.4 is 19.6 Å². The molecule has 0 aliphatic heterocycles. The number of rotatable bonds is 7. The van der Waals surface area contributed by atoms with E-state index in [4.69, 9.17) is 19.2 Å².